The Morgan fingerprint density at radius 1 is 1.23 bits per heavy atom. The van der Waals surface area contributed by atoms with Gasteiger partial charge in [-0.25, -0.2) is 4.98 Å². The molecule has 114 valence electrons. The molecule has 0 aromatic carbocycles. The zero-order valence-corrected chi connectivity index (χ0v) is 13.3. The van der Waals surface area contributed by atoms with Crippen LogP contribution >= 0.6 is 11.3 Å². The van der Waals surface area contributed by atoms with E-state index in [4.69, 9.17) is 0 Å². The first kappa shape index (κ1) is 13.9. The quantitative estimate of drug-likeness (QED) is 0.874. The molecule has 0 N–H and O–H groups in total. The fourth-order valence-corrected chi connectivity index (χ4v) is 4.42. The molecule has 4 heterocycles. The minimum Gasteiger partial charge on any atom is -0.298 e. The normalized spacial score (nSPS) is 25.5. The fourth-order valence-electron chi connectivity index (χ4n) is 3.68. The monoisotopic (exact) mass is 313 g/mol. The summed E-state index contributed by atoms with van der Waals surface area (Å²) in [6.07, 6.45) is 3.52. The predicted molar refractivity (Wildman–Crippen MR) is 87.9 cm³/mol. The Bertz CT molecular complexity index is 658. The van der Waals surface area contributed by atoms with E-state index in [1.165, 1.54) is 4.88 Å². The van der Waals surface area contributed by atoms with E-state index in [1.807, 2.05) is 34.4 Å². The average molecular weight is 313 g/mol. The predicted octanol–water partition coefficient (Wildman–Crippen LogP) is 2.77. The highest BCUT2D eigenvalue weighted by atomic mass is 32.1. The molecule has 2 saturated heterocycles. The molecular weight excluding hydrogens is 294 g/mol. The van der Waals surface area contributed by atoms with Crippen molar-refractivity contribution < 1.29 is 4.79 Å². The molecule has 0 aliphatic carbocycles. The van der Waals surface area contributed by atoms with Gasteiger partial charge in [0.2, 0.25) is 5.91 Å². The third-order valence-electron chi connectivity index (χ3n) is 4.72. The smallest absolute Gasteiger partial charge is 0.228 e. The molecule has 1 amide bonds. The van der Waals surface area contributed by atoms with Crippen LogP contribution in [0.1, 0.15) is 17.7 Å². The molecule has 2 fully saturated rings. The van der Waals surface area contributed by atoms with Gasteiger partial charge in [0, 0.05) is 42.5 Å². The number of pyridine rings is 1. The number of anilines is 1. The number of hydrogen-bond donors (Lipinski definition) is 0. The summed E-state index contributed by atoms with van der Waals surface area (Å²) in [6, 6.07) is 10.1. The van der Waals surface area contributed by atoms with Crippen molar-refractivity contribution in [3.63, 3.8) is 0 Å². The number of likely N-dealkylation sites (tertiary alicyclic amines) is 1. The van der Waals surface area contributed by atoms with Gasteiger partial charge in [0.25, 0.3) is 0 Å². The second-order valence-electron chi connectivity index (χ2n) is 6.38. The molecule has 0 saturated carbocycles. The Labute approximate surface area is 134 Å². The van der Waals surface area contributed by atoms with Crippen LogP contribution in [0.4, 0.5) is 5.82 Å². The highest BCUT2D eigenvalue weighted by Gasteiger charge is 2.47. The lowest BCUT2D eigenvalue weighted by atomic mass is 9.86. The lowest BCUT2D eigenvalue weighted by molar-refractivity contribution is -0.117. The summed E-state index contributed by atoms with van der Waals surface area (Å²) in [5, 5.41) is 2.13. The molecule has 0 unspecified atom stereocenters. The van der Waals surface area contributed by atoms with Crippen LogP contribution in [0.2, 0.25) is 0 Å². The third kappa shape index (κ3) is 2.55. The van der Waals surface area contributed by atoms with Gasteiger partial charge in [-0.05, 0) is 36.5 Å². The Balaban J connectivity index is 1.46. The summed E-state index contributed by atoms with van der Waals surface area (Å²) in [5.41, 5.74) is 0.117. The molecule has 22 heavy (non-hydrogen) atoms. The van der Waals surface area contributed by atoms with Crippen molar-refractivity contribution in [2.75, 3.05) is 24.5 Å². The van der Waals surface area contributed by atoms with Crippen LogP contribution in [0.5, 0.6) is 0 Å². The third-order valence-corrected chi connectivity index (χ3v) is 5.58. The van der Waals surface area contributed by atoms with Crippen molar-refractivity contribution in [2.45, 2.75) is 19.4 Å². The summed E-state index contributed by atoms with van der Waals surface area (Å²) in [6.45, 7) is 3.92. The van der Waals surface area contributed by atoms with Gasteiger partial charge in [0.1, 0.15) is 5.82 Å². The van der Waals surface area contributed by atoms with E-state index in [1.54, 1.807) is 6.20 Å². The summed E-state index contributed by atoms with van der Waals surface area (Å²) < 4.78 is 0. The maximum Gasteiger partial charge on any atom is 0.228 e. The molecule has 1 spiro atoms. The average Bonchev–Trinajstić information content (AvgIpc) is 3.23. The van der Waals surface area contributed by atoms with E-state index >= 15 is 0 Å². The van der Waals surface area contributed by atoms with Gasteiger partial charge >= 0.3 is 0 Å². The number of rotatable bonds is 3. The van der Waals surface area contributed by atoms with Gasteiger partial charge in [-0.2, -0.15) is 0 Å². The Morgan fingerprint density at radius 2 is 2.18 bits per heavy atom. The summed E-state index contributed by atoms with van der Waals surface area (Å²) >= 11 is 1.81. The molecule has 0 radical (unpaired) electrons. The Morgan fingerprint density at radius 3 is 2.95 bits per heavy atom. The minimum atomic E-state index is 0.117. The Hall–Kier alpha value is -1.72. The number of hydrogen-bond acceptors (Lipinski definition) is 4. The number of amides is 1. The zero-order chi connectivity index (χ0) is 15.0. The van der Waals surface area contributed by atoms with Gasteiger partial charge in [-0.15, -0.1) is 11.3 Å². The van der Waals surface area contributed by atoms with Crippen molar-refractivity contribution in [3.8, 4) is 0 Å². The molecule has 2 aliphatic heterocycles. The highest BCUT2D eigenvalue weighted by Crippen LogP contribution is 2.41. The van der Waals surface area contributed by atoms with E-state index < -0.39 is 0 Å². The van der Waals surface area contributed by atoms with Gasteiger partial charge in [0.15, 0.2) is 0 Å². The minimum absolute atomic E-state index is 0.117. The van der Waals surface area contributed by atoms with Crippen LogP contribution in [-0.2, 0) is 11.3 Å². The van der Waals surface area contributed by atoms with Crippen LogP contribution in [0.15, 0.2) is 41.9 Å². The second-order valence-corrected chi connectivity index (χ2v) is 7.42. The topological polar surface area (TPSA) is 36.4 Å². The highest BCUT2D eigenvalue weighted by molar-refractivity contribution is 7.09. The first-order valence-corrected chi connectivity index (χ1v) is 8.58. The van der Waals surface area contributed by atoms with Crippen LogP contribution in [0, 0.1) is 5.41 Å². The molecule has 0 bridgehead atoms. The number of thiophene rings is 1. The van der Waals surface area contributed by atoms with Gasteiger partial charge < -0.3 is 0 Å². The summed E-state index contributed by atoms with van der Waals surface area (Å²) in [5.74, 6) is 1.01. The van der Waals surface area contributed by atoms with E-state index in [0.29, 0.717) is 6.42 Å². The molecule has 1 atom stereocenters. The van der Waals surface area contributed by atoms with Crippen molar-refractivity contribution in [1.82, 2.24) is 9.88 Å². The van der Waals surface area contributed by atoms with Crippen LogP contribution in [0.25, 0.3) is 0 Å². The van der Waals surface area contributed by atoms with Crippen molar-refractivity contribution in [2.24, 2.45) is 5.41 Å². The number of aromatic nitrogens is 1. The maximum atomic E-state index is 12.4. The number of carbonyl (C=O) groups excluding carboxylic acids is 1. The second kappa shape index (κ2) is 5.48. The Kier molecular flexibility index (Phi) is 3.47. The largest absolute Gasteiger partial charge is 0.298 e. The van der Waals surface area contributed by atoms with E-state index in [0.717, 1.165) is 38.4 Å². The van der Waals surface area contributed by atoms with E-state index in [2.05, 4.69) is 27.4 Å². The van der Waals surface area contributed by atoms with Crippen LogP contribution in [-0.4, -0.2) is 35.4 Å². The van der Waals surface area contributed by atoms with Gasteiger partial charge in [-0.1, -0.05) is 12.1 Å². The lowest BCUT2D eigenvalue weighted by Crippen LogP contribution is -2.31. The molecule has 2 aromatic heterocycles. The van der Waals surface area contributed by atoms with E-state index in [-0.39, 0.29) is 11.3 Å². The van der Waals surface area contributed by atoms with Crippen molar-refractivity contribution in [1.29, 1.82) is 0 Å². The number of nitrogens with zero attached hydrogens (tertiary/aromatic N) is 3. The molecule has 5 heteroatoms. The summed E-state index contributed by atoms with van der Waals surface area (Å²) in [7, 11) is 0. The van der Waals surface area contributed by atoms with Gasteiger partial charge in [-0.3, -0.25) is 14.6 Å². The molecular formula is C17H19N3OS. The first-order valence-electron chi connectivity index (χ1n) is 7.70. The summed E-state index contributed by atoms with van der Waals surface area (Å²) in [4.78, 5) is 22.5. The standard InChI is InChI=1S/C17H19N3OS/c21-16-10-17(13-20(16)15-5-1-2-7-18-15)6-8-19(12-17)11-14-4-3-9-22-14/h1-5,7,9H,6,8,10-13H2/t17-/m0/s1. The zero-order valence-electron chi connectivity index (χ0n) is 12.4. The van der Waals surface area contributed by atoms with Crippen LogP contribution in [0.3, 0.4) is 0 Å². The first-order chi connectivity index (χ1) is 10.7. The SMILES string of the molecule is O=C1C[C@]2(CCN(Cc3cccs3)C2)CN1c1ccccn1. The van der Waals surface area contributed by atoms with Gasteiger partial charge in [0.05, 0.1) is 0 Å². The molecule has 4 nitrogen and oxygen atoms in total. The lowest BCUT2D eigenvalue weighted by Gasteiger charge is -2.23. The number of carbonyl (C=O) groups is 1. The molecule has 2 aromatic rings. The van der Waals surface area contributed by atoms with Crippen LogP contribution < -0.4 is 4.90 Å². The molecule has 4 rings (SSSR count). The van der Waals surface area contributed by atoms with E-state index in [9.17, 15) is 4.79 Å². The fraction of sp³-hybridized carbons (Fsp3) is 0.412. The van der Waals surface area contributed by atoms with Crippen molar-refractivity contribution >= 4 is 23.1 Å². The molecule has 2 aliphatic rings. The van der Waals surface area contributed by atoms with Crippen molar-refractivity contribution in [3.05, 3.63) is 46.8 Å². The maximum absolute atomic E-state index is 12.4.